The average molecular weight is 783 g/mol. The van der Waals surface area contributed by atoms with Gasteiger partial charge in [0.05, 0.1) is 18.7 Å². The third-order valence-electron chi connectivity index (χ3n) is 8.57. The Hall–Kier alpha value is -8.08. The van der Waals surface area contributed by atoms with Crippen LogP contribution in [0.1, 0.15) is 54.0 Å². The van der Waals surface area contributed by atoms with Crippen molar-refractivity contribution in [3.8, 4) is 0 Å². The standard InChI is InChI=1S/C21H16N4O5.C20H15FN4O3/c26-17(22-10-13-4-2-1-3-5-13)19-24-16-18(30-19)23-12-25(20(16)27)11-14-6-8-15(9-7-14)21(28)29;21-15-8-6-14(7-9-15)11-25-12-23-18-16(20(25)27)24-19(28-18)17(26)22-10-13-4-2-1-3-5-13/h1-9,12H,10-11H2,(H,22,26)(H,28,29);1-9,12H,10-11H2,(H,22,26). The van der Waals surface area contributed by atoms with Crippen LogP contribution in [-0.2, 0) is 26.2 Å². The molecule has 2 amide bonds. The second-order valence-corrected chi connectivity index (χ2v) is 12.7. The molecule has 0 radical (unpaired) electrons. The summed E-state index contributed by atoms with van der Waals surface area (Å²) >= 11 is 0. The van der Waals surface area contributed by atoms with Gasteiger partial charge in [-0.15, -0.1) is 0 Å². The van der Waals surface area contributed by atoms with Crippen molar-refractivity contribution in [3.63, 3.8) is 0 Å². The molecule has 0 unspecified atom stereocenters. The highest BCUT2D eigenvalue weighted by Crippen LogP contribution is 2.13. The molecule has 16 nitrogen and oxygen atoms in total. The SMILES string of the molecule is O=C(NCc1ccccc1)c1nc2c(=O)n(Cc3ccc(F)cc3)cnc2o1.O=C(O)c1ccc(Cn2cnc3oc(C(=O)NCc4ccccc4)nc3c2=O)cc1. The minimum absolute atomic E-state index is 0.00906. The van der Waals surface area contributed by atoms with Crippen LogP contribution in [0.3, 0.4) is 0 Å². The maximum absolute atomic E-state index is 13.0. The molecule has 0 saturated heterocycles. The molecule has 290 valence electrons. The Labute approximate surface area is 326 Å². The first kappa shape index (κ1) is 38.2. The van der Waals surface area contributed by atoms with Crippen molar-refractivity contribution in [1.29, 1.82) is 0 Å². The van der Waals surface area contributed by atoms with E-state index in [1.165, 1.54) is 46.1 Å². The summed E-state index contributed by atoms with van der Waals surface area (Å²) in [6.45, 7) is 0.970. The van der Waals surface area contributed by atoms with Crippen LogP contribution in [-0.4, -0.2) is 52.0 Å². The monoisotopic (exact) mass is 782 g/mol. The van der Waals surface area contributed by atoms with Gasteiger partial charge in [0.15, 0.2) is 11.0 Å². The van der Waals surface area contributed by atoms with Crippen molar-refractivity contribution >= 4 is 40.2 Å². The maximum atomic E-state index is 13.0. The minimum atomic E-state index is -1.03. The Bertz CT molecular complexity index is 2860. The largest absolute Gasteiger partial charge is 0.478 e. The number of rotatable bonds is 11. The highest BCUT2D eigenvalue weighted by molar-refractivity contribution is 5.92. The fraction of sp³-hybridized carbons (Fsp3) is 0.0976. The van der Waals surface area contributed by atoms with Crippen LogP contribution < -0.4 is 21.8 Å². The molecule has 4 aromatic heterocycles. The molecule has 0 bridgehead atoms. The van der Waals surface area contributed by atoms with Crippen LogP contribution in [0.5, 0.6) is 0 Å². The number of carbonyl (C=O) groups excluding carboxylic acids is 2. The molecule has 0 spiro atoms. The van der Waals surface area contributed by atoms with Crippen LogP contribution in [0, 0.1) is 5.82 Å². The number of halogens is 1. The van der Waals surface area contributed by atoms with Gasteiger partial charge in [0.1, 0.15) is 18.5 Å². The van der Waals surface area contributed by atoms with Crippen LogP contribution in [0.15, 0.2) is 140 Å². The van der Waals surface area contributed by atoms with E-state index in [1.54, 1.807) is 24.3 Å². The van der Waals surface area contributed by atoms with Gasteiger partial charge in [-0.25, -0.2) is 19.2 Å². The number of oxazole rings is 2. The minimum Gasteiger partial charge on any atom is -0.478 e. The summed E-state index contributed by atoms with van der Waals surface area (Å²) in [5, 5.41) is 14.3. The lowest BCUT2D eigenvalue weighted by Crippen LogP contribution is -2.23. The number of hydrogen-bond acceptors (Lipinski definition) is 11. The molecule has 8 rings (SSSR count). The van der Waals surface area contributed by atoms with E-state index < -0.39 is 28.9 Å². The Morgan fingerprint density at radius 1 is 0.586 bits per heavy atom. The van der Waals surface area contributed by atoms with Gasteiger partial charge in [-0.3, -0.25) is 28.3 Å². The van der Waals surface area contributed by atoms with Crippen molar-refractivity contribution in [2.24, 2.45) is 0 Å². The third kappa shape index (κ3) is 9.06. The van der Waals surface area contributed by atoms with Crippen LogP contribution in [0.4, 0.5) is 4.39 Å². The topological polar surface area (TPSA) is 217 Å². The van der Waals surface area contributed by atoms with Crippen molar-refractivity contribution in [3.05, 3.63) is 188 Å². The summed E-state index contributed by atoms with van der Waals surface area (Å²) in [4.78, 5) is 77.0. The van der Waals surface area contributed by atoms with E-state index in [0.29, 0.717) is 18.7 Å². The van der Waals surface area contributed by atoms with Crippen LogP contribution >= 0.6 is 0 Å². The van der Waals surface area contributed by atoms with Gasteiger partial charge < -0.3 is 24.6 Å². The van der Waals surface area contributed by atoms with E-state index in [9.17, 15) is 28.4 Å². The van der Waals surface area contributed by atoms with E-state index in [1.807, 2.05) is 60.7 Å². The number of hydrogen-bond donors (Lipinski definition) is 3. The van der Waals surface area contributed by atoms with Gasteiger partial charge >= 0.3 is 17.8 Å². The summed E-state index contributed by atoms with van der Waals surface area (Å²) in [6, 6.07) is 30.7. The van der Waals surface area contributed by atoms with Crippen molar-refractivity contribution < 1.29 is 32.7 Å². The third-order valence-corrected chi connectivity index (χ3v) is 8.57. The molecule has 17 heteroatoms. The number of nitrogens with one attached hydrogen (secondary N) is 2. The molecule has 0 atom stereocenters. The van der Waals surface area contributed by atoms with E-state index in [-0.39, 0.29) is 58.7 Å². The number of aromatic nitrogens is 6. The highest BCUT2D eigenvalue weighted by atomic mass is 19.1. The Morgan fingerprint density at radius 3 is 1.41 bits per heavy atom. The van der Waals surface area contributed by atoms with Gasteiger partial charge in [0, 0.05) is 13.1 Å². The maximum Gasteiger partial charge on any atom is 0.335 e. The van der Waals surface area contributed by atoms with Crippen LogP contribution in [0.25, 0.3) is 22.5 Å². The molecule has 8 aromatic rings. The quantitative estimate of drug-likeness (QED) is 0.165. The Kier molecular flexibility index (Phi) is 11.3. The van der Waals surface area contributed by atoms with E-state index in [2.05, 4.69) is 30.6 Å². The molecular weight excluding hydrogens is 751 g/mol. The number of aromatic carboxylic acids is 1. The van der Waals surface area contributed by atoms with E-state index in [0.717, 1.165) is 16.7 Å². The zero-order valence-electron chi connectivity index (χ0n) is 30.2. The number of amides is 2. The predicted molar refractivity (Wildman–Crippen MR) is 205 cm³/mol. The number of carboxylic acids is 1. The summed E-state index contributed by atoms with van der Waals surface area (Å²) in [7, 11) is 0. The molecule has 4 aromatic carbocycles. The summed E-state index contributed by atoms with van der Waals surface area (Å²) in [6.07, 6.45) is 2.61. The number of nitrogens with zero attached hydrogens (tertiary/aromatic N) is 6. The Morgan fingerprint density at radius 2 is 1.00 bits per heavy atom. The lowest BCUT2D eigenvalue weighted by Gasteiger charge is -2.05. The summed E-state index contributed by atoms with van der Waals surface area (Å²) in [5.41, 5.74) is 2.41. The molecule has 58 heavy (non-hydrogen) atoms. The number of benzene rings is 4. The van der Waals surface area contributed by atoms with Crippen molar-refractivity contribution in [1.82, 2.24) is 39.7 Å². The fourth-order valence-corrected chi connectivity index (χ4v) is 5.56. The first-order valence-corrected chi connectivity index (χ1v) is 17.5. The van der Waals surface area contributed by atoms with Gasteiger partial charge in [0.25, 0.3) is 34.3 Å². The molecule has 0 aliphatic carbocycles. The molecular formula is C41H31FN8O8. The smallest absolute Gasteiger partial charge is 0.335 e. The molecule has 4 heterocycles. The number of carbonyl (C=O) groups is 3. The molecule has 0 fully saturated rings. The molecule has 0 saturated carbocycles. The first-order valence-electron chi connectivity index (χ1n) is 17.5. The molecule has 0 aliphatic rings. The second-order valence-electron chi connectivity index (χ2n) is 12.7. The van der Waals surface area contributed by atoms with Gasteiger partial charge in [-0.2, -0.15) is 9.97 Å². The van der Waals surface area contributed by atoms with Crippen molar-refractivity contribution in [2.75, 3.05) is 0 Å². The fourth-order valence-electron chi connectivity index (χ4n) is 5.56. The van der Waals surface area contributed by atoms with Gasteiger partial charge in [-0.1, -0.05) is 84.9 Å². The molecule has 3 N–H and O–H groups in total. The predicted octanol–water partition coefficient (Wildman–Crippen LogP) is 4.56. The first-order chi connectivity index (χ1) is 28.1. The van der Waals surface area contributed by atoms with E-state index in [4.69, 9.17) is 13.9 Å². The Balaban J connectivity index is 0.000000177. The van der Waals surface area contributed by atoms with Crippen LogP contribution in [0.2, 0.25) is 0 Å². The zero-order valence-corrected chi connectivity index (χ0v) is 30.2. The second kappa shape index (κ2) is 17.2. The highest BCUT2D eigenvalue weighted by Gasteiger charge is 2.20. The van der Waals surface area contributed by atoms with Gasteiger partial charge in [0.2, 0.25) is 0 Å². The lowest BCUT2D eigenvalue weighted by molar-refractivity contribution is 0.0696. The van der Waals surface area contributed by atoms with Crippen molar-refractivity contribution in [2.45, 2.75) is 26.2 Å². The number of carboxylic acid groups (broad SMARTS) is 1. The van der Waals surface area contributed by atoms with E-state index >= 15 is 0 Å². The average Bonchev–Trinajstić information content (AvgIpc) is 3.90. The van der Waals surface area contributed by atoms with Gasteiger partial charge in [-0.05, 0) is 46.5 Å². The normalized spacial score (nSPS) is 10.8. The summed E-state index contributed by atoms with van der Waals surface area (Å²) in [5.74, 6) is -2.93. The molecule has 0 aliphatic heterocycles. The number of fused-ring (bicyclic) bond motifs is 2. The zero-order chi connectivity index (χ0) is 40.6. The summed E-state index contributed by atoms with van der Waals surface area (Å²) < 4.78 is 26.3. The lowest BCUT2D eigenvalue weighted by atomic mass is 10.1.